The molecule has 21 heavy (non-hydrogen) atoms. The van der Waals surface area contributed by atoms with Gasteiger partial charge in [0.25, 0.3) is 0 Å². The summed E-state index contributed by atoms with van der Waals surface area (Å²) in [5.41, 5.74) is 2.72. The lowest BCUT2D eigenvalue weighted by Gasteiger charge is -2.02. The lowest BCUT2D eigenvalue weighted by Crippen LogP contribution is -1.94. The fourth-order valence-electron chi connectivity index (χ4n) is 1.61. The Kier molecular flexibility index (Phi) is 5.17. The normalized spacial score (nSPS) is 11.4. The summed E-state index contributed by atoms with van der Waals surface area (Å²) in [5.74, 6) is -0.499. The molecule has 0 aliphatic carbocycles. The van der Waals surface area contributed by atoms with Crippen LogP contribution < -0.4 is 4.89 Å². The van der Waals surface area contributed by atoms with Gasteiger partial charge in [-0.1, -0.05) is 29.8 Å². The van der Waals surface area contributed by atoms with Crippen molar-refractivity contribution in [3.63, 3.8) is 0 Å². The van der Waals surface area contributed by atoms with Gasteiger partial charge in [-0.25, -0.2) is 4.39 Å². The fourth-order valence-corrected chi connectivity index (χ4v) is 1.61. The number of rotatable bonds is 5. The SMILES string of the molecule is COOc1ccc(/C=N/N=C/c2ccc(C)cc2)cc1F. The zero-order valence-corrected chi connectivity index (χ0v) is 11.8. The average molecular weight is 286 g/mol. The minimum Gasteiger partial charge on any atom is -0.335 e. The first-order valence-electron chi connectivity index (χ1n) is 6.32. The summed E-state index contributed by atoms with van der Waals surface area (Å²) >= 11 is 0. The van der Waals surface area contributed by atoms with Gasteiger partial charge in [-0.3, -0.25) is 0 Å². The summed E-state index contributed by atoms with van der Waals surface area (Å²) in [6.45, 7) is 2.02. The van der Waals surface area contributed by atoms with E-state index in [9.17, 15) is 4.39 Å². The number of benzene rings is 2. The van der Waals surface area contributed by atoms with Crippen molar-refractivity contribution >= 4 is 12.4 Å². The maximum atomic E-state index is 13.5. The standard InChI is InChI=1S/C16H15FN2O2/c1-12-3-5-13(6-4-12)10-18-19-11-14-7-8-16(21-20-2)15(17)9-14/h3-11H,1-2H3/b18-10+,19-11+. The Hall–Kier alpha value is -2.53. The number of hydrogen-bond donors (Lipinski definition) is 0. The molecule has 2 aromatic rings. The molecule has 4 nitrogen and oxygen atoms in total. The molecule has 0 fully saturated rings. The highest BCUT2D eigenvalue weighted by molar-refractivity contribution is 5.82. The van der Waals surface area contributed by atoms with Crippen LogP contribution in [0.2, 0.25) is 0 Å². The molecule has 0 saturated carbocycles. The number of hydrogen-bond acceptors (Lipinski definition) is 4. The van der Waals surface area contributed by atoms with Gasteiger partial charge in [-0.15, -0.1) is 0 Å². The molecule has 0 spiro atoms. The molecule has 2 rings (SSSR count). The van der Waals surface area contributed by atoms with E-state index in [2.05, 4.69) is 20.0 Å². The summed E-state index contributed by atoms with van der Waals surface area (Å²) < 4.78 is 13.5. The lowest BCUT2D eigenvalue weighted by atomic mass is 10.2. The molecule has 0 aliphatic rings. The highest BCUT2D eigenvalue weighted by Gasteiger charge is 2.03. The molecule has 0 saturated heterocycles. The smallest absolute Gasteiger partial charge is 0.200 e. The van der Waals surface area contributed by atoms with E-state index in [4.69, 9.17) is 0 Å². The Morgan fingerprint density at radius 1 is 0.952 bits per heavy atom. The number of aryl methyl sites for hydroxylation is 1. The molecule has 0 radical (unpaired) electrons. The van der Waals surface area contributed by atoms with Crippen LogP contribution in [0.5, 0.6) is 5.75 Å². The van der Waals surface area contributed by atoms with E-state index < -0.39 is 5.82 Å². The van der Waals surface area contributed by atoms with Gasteiger partial charge < -0.3 is 4.89 Å². The minimum absolute atomic E-state index is 0.0257. The largest absolute Gasteiger partial charge is 0.335 e. The maximum absolute atomic E-state index is 13.5. The summed E-state index contributed by atoms with van der Waals surface area (Å²) in [5, 5.41) is 7.80. The molecule has 5 heteroatoms. The van der Waals surface area contributed by atoms with Crippen LogP contribution in [0.4, 0.5) is 4.39 Å². The molecule has 0 N–H and O–H groups in total. The Balaban J connectivity index is 2.01. The van der Waals surface area contributed by atoms with Gasteiger partial charge in [-0.2, -0.15) is 15.1 Å². The third kappa shape index (κ3) is 4.50. The predicted octanol–water partition coefficient (Wildman–Crippen LogP) is 3.53. The van der Waals surface area contributed by atoms with E-state index in [1.165, 1.54) is 31.0 Å². The summed E-state index contributed by atoms with van der Waals surface area (Å²) in [6, 6.07) is 12.3. The average Bonchev–Trinajstić information content (AvgIpc) is 2.48. The van der Waals surface area contributed by atoms with Gasteiger partial charge in [0.2, 0.25) is 5.75 Å². The van der Waals surface area contributed by atoms with Gasteiger partial charge in [-0.05, 0) is 36.2 Å². The van der Waals surface area contributed by atoms with E-state index in [0.29, 0.717) is 5.56 Å². The minimum atomic E-state index is -0.525. The van der Waals surface area contributed by atoms with Crippen molar-refractivity contribution in [2.24, 2.45) is 10.2 Å². The van der Waals surface area contributed by atoms with Crippen molar-refractivity contribution in [1.82, 2.24) is 0 Å². The van der Waals surface area contributed by atoms with Gasteiger partial charge in [0.05, 0.1) is 19.5 Å². The van der Waals surface area contributed by atoms with E-state index in [1.54, 1.807) is 12.3 Å². The summed E-state index contributed by atoms with van der Waals surface area (Å²) in [4.78, 5) is 9.04. The summed E-state index contributed by atoms with van der Waals surface area (Å²) in [7, 11) is 1.31. The second-order valence-corrected chi connectivity index (χ2v) is 4.34. The molecule has 0 aromatic heterocycles. The van der Waals surface area contributed by atoms with E-state index in [1.807, 2.05) is 31.2 Å². The topological polar surface area (TPSA) is 43.2 Å². The molecular formula is C16H15FN2O2. The first-order valence-corrected chi connectivity index (χ1v) is 6.32. The molecule has 0 atom stereocenters. The van der Waals surface area contributed by atoms with Crippen LogP contribution in [-0.2, 0) is 4.89 Å². The Labute approximate surface area is 122 Å². The molecule has 2 aromatic carbocycles. The van der Waals surface area contributed by atoms with Gasteiger partial charge in [0, 0.05) is 0 Å². The van der Waals surface area contributed by atoms with Gasteiger partial charge in [0.1, 0.15) is 0 Å². The third-order valence-electron chi connectivity index (χ3n) is 2.69. The molecule has 0 amide bonds. The second kappa shape index (κ2) is 7.31. The fraction of sp³-hybridized carbons (Fsp3) is 0.125. The highest BCUT2D eigenvalue weighted by Crippen LogP contribution is 2.17. The van der Waals surface area contributed by atoms with Crippen LogP contribution in [-0.4, -0.2) is 19.5 Å². The predicted molar refractivity (Wildman–Crippen MR) is 80.4 cm³/mol. The monoisotopic (exact) mass is 286 g/mol. The van der Waals surface area contributed by atoms with Crippen molar-refractivity contribution in [2.75, 3.05) is 7.11 Å². The quantitative estimate of drug-likeness (QED) is 0.479. The van der Waals surface area contributed by atoms with Crippen LogP contribution in [0, 0.1) is 12.7 Å². The molecule has 0 bridgehead atoms. The molecule has 0 heterocycles. The number of nitrogens with zero attached hydrogens (tertiary/aromatic N) is 2. The van der Waals surface area contributed by atoms with Crippen molar-refractivity contribution in [2.45, 2.75) is 6.92 Å². The third-order valence-corrected chi connectivity index (χ3v) is 2.69. The van der Waals surface area contributed by atoms with Crippen LogP contribution in [0.3, 0.4) is 0 Å². The van der Waals surface area contributed by atoms with Crippen molar-refractivity contribution in [1.29, 1.82) is 0 Å². The van der Waals surface area contributed by atoms with Gasteiger partial charge in [0.15, 0.2) is 5.82 Å². The first-order chi connectivity index (χ1) is 10.2. The highest BCUT2D eigenvalue weighted by atomic mass is 19.1. The van der Waals surface area contributed by atoms with E-state index >= 15 is 0 Å². The van der Waals surface area contributed by atoms with Crippen molar-refractivity contribution in [3.05, 3.63) is 65.0 Å². The second-order valence-electron chi connectivity index (χ2n) is 4.34. The maximum Gasteiger partial charge on any atom is 0.200 e. The Morgan fingerprint density at radius 3 is 2.19 bits per heavy atom. The first kappa shape index (κ1) is 14.9. The van der Waals surface area contributed by atoms with Crippen LogP contribution >= 0.6 is 0 Å². The van der Waals surface area contributed by atoms with Crippen LogP contribution in [0.1, 0.15) is 16.7 Å². The molecule has 108 valence electrons. The molecular weight excluding hydrogens is 271 g/mol. The van der Waals surface area contributed by atoms with E-state index in [-0.39, 0.29) is 5.75 Å². The zero-order valence-electron chi connectivity index (χ0n) is 11.8. The zero-order chi connectivity index (χ0) is 15.1. The molecule has 0 unspecified atom stereocenters. The lowest BCUT2D eigenvalue weighted by molar-refractivity contribution is -0.180. The summed E-state index contributed by atoms with van der Waals surface area (Å²) in [6.07, 6.45) is 3.10. The van der Waals surface area contributed by atoms with Crippen molar-refractivity contribution in [3.8, 4) is 5.75 Å². The Morgan fingerprint density at radius 2 is 1.57 bits per heavy atom. The number of halogens is 1. The molecule has 0 aliphatic heterocycles. The van der Waals surface area contributed by atoms with Crippen LogP contribution in [0.25, 0.3) is 0 Å². The van der Waals surface area contributed by atoms with Gasteiger partial charge >= 0.3 is 0 Å². The van der Waals surface area contributed by atoms with Crippen molar-refractivity contribution < 1.29 is 14.2 Å². The van der Waals surface area contributed by atoms with Crippen LogP contribution in [0.15, 0.2) is 52.7 Å². The Bertz CT molecular complexity index is 652. The van der Waals surface area contributed by atoms with E-state index in [0.717, 1.165) is 5.56 Å².